The molecule has 2 aliphatic heterocycles. The minimum Gasteiger partial charge on any atom is -0.493 e. The van der Waals surface area contributed by atoms with Gasteiger partial charge in [0.25, 0.3) is 0 Å². The van der Waals surface area contributed by atoms with Crippen molar-refractivity contribution < 1.29 is 14.2 Å². The van der Waals surface area contributed by atoms with Crippen LogP contribution in [0.25, 0.3) is 0 Å². The topological polar surface area (TPSA) is 123 Å². The molecule has 2 bridgehead atoms. The summed E-state index contributed by atoms with van der Waals surface area (Å²) < 4.78 is 18.3. The number of nitrogens with one attached hydrogen (secondary N) is 1. The highest BCUT2D eigenvalue weighted by Gasteiger charge is 2.81. The summed E-state index contributed by atoms with van der Waals surface area (Å²) in [5, 5.41) is 39.9. The van der Waals surface area contributed by atoms with Gasteiger partial charge in [-0.2, -0.15) is 15.8 Å². The molecule has 1 N–H and O–H groups in total. The summed E-state index contributed by atoms with van der Waals surface area (Å²) in [7, 11) is 0. The van der Waals surface area contributed by atoms with Crippen molar-refractivity contribution in [1.29, 1.82) is 21.2 Å². The number of para-hydroxylation sites is 1. The molecule has 2 saturated heterocycles. The largest absolute Gasteiger partial charge is 0.493 e. The van der Waals surface area contributed by atoms with Gasteiger partial charge < -0.3 is 14.2 Å². The lowest BCUT2D eigenvalue weighted by molar-refractivity contribution is -0.299. The second kappa shape index (κ2) is 7.56. The van der Waals surface area contributed by atoms with Gasteiger partial charge in [0, 0.05) is 12.0 Å². The lowest BCUT2D eigenvalue weighted by atomic mass is 9.50. The van der Waals surface area contributed by atoms with E-state index >= 15 is 0 Å². The van der Waals surface area contributed by atoms with E-state index in [9.17, 15) is 15.8 Å². The van der Waals surface area contributed by atoms with Crippen LogP contribution < -0.4 is 4.74 Å². The highest BCUT2D eigenvalue weighted by molar-refractivity contribution is 5.89. The molecule has 7 nitrogen and oxygen atoms in total. The molecule has 0 radical (unpaired) electrons. The summed E-state index contributed by atoms with van der Waals surface area (Å²) in [6, 6.07) is 13.6. The number of ether oxygens (including phenoxy) is 3. The van der Waals surface area contributed by atoms with Crippen LogP contribution in [0.4, 0.5) is 0 Å². The van der Waals surface area contributed by atoms with E-state index in [1.807, 2.05) is 13.0 Å². The summed E-state index contributed by atoms with van der Waals surface area (Å²) >= 11 is 0. The average molecular weight is 418 g/mol. The third-order valence-corrected chi connectivity index (χ3v) is 7.22. The Kier molecular flexibility index (Phi) is 5.16. The Morgan fingerprint density at radius 3 is 2.55 bits per heavy atom. The van der Waals surface area contributed by atoms with Gasteiger partial charge in [-0.15, -0.1) is 0 Å². The Bertz CT molecular complexity index is 1000. The fourth-order valence-electron chi connectivity index (χ4n) is 5.85. The highest BCUT2D eigenvalue weighted by atomic mass is 16.7. The Balaban J connectivity index is 1.94. The first-order valence-corrected chi connectivity index (χ1v) is 10.9. The smallest absolute Gasteiger partial charge is 0.217 e. The Hall–Kier alpha value is -3.08. The maximum atomic E-state index is 10.5. The maximum absolute atomic E-state index is 10.5. The highest BCUT2D eigenvalue weighted by Crippen LogP contribution is 2.70. The fourth-order valence-corrected chi connectivity index (χ4v) is 5.85. The number of hydrogen-bond acceptors (Lipinski definition) is 7. The standard InChI is InChI=1S/C24H26N4O3/c1-3-7-16-10-11-24-19(12-16)23(15-27,21(28)31-24)22(13-25,14-26)20(30-24)17-8-5-6-9-18(17)29-4-2/h5-6,8-9,16,19-20,28H,3-4,7,10-12H2,1-2H3. The molecule has 0 aromatic heterocycles. The fraction of sp³-hybridized carbons (Fsp3) is 0.583. The van der Waals surface area contributed by atoms with E-state index in [0.717, 1.165) is 19.3 Å². The monoisotopic (exact) mass is 418 g/mol. The molecule has 0 spiro atoms. The molecule has 31 heavy (non-hydrogen) atoms. The first-order valence-electron chi connectivity index (χ1n) is 10.9. The zero-order valence-corrected chi connectivity index (χ0v) is 17.9. The van der Waals surface area contributed by atoms with Crippen LogP contribution in [0.3, 0.4) is 0 Å². The van der Waals surface area contributed by atoms with Gasteiger partial charge in [-0.25, -0.2) is 0 Å². The molecule has 1 aliphatic carbocycles. The van der Waals surface area contributed by atoms with Gasteiger partial charge in [-0.1, -0.05) is 38.0 Å². The molecular formula is C24H26N4O3. The Morgan fingerprint density at radius 2 is 1.90 bits per heavy atom. The van der Waals surface area contributed by atoms with Crippen molar-refractivity contribution in [2.75, 3.05) is 6.61 Å². The van der Waals surface area contributed by atoms with Crippen LogP contribution in [0.1, 0.15) is 57.6 Å². The van der Waals surface area contributed by atoms with Crippen molar-refractivity contribution >= 4 is 5.90 Å². The van der Waals surface area contributed by atoms with Crippen molar-refractivity contribution in [3.8, 4) is 24.0 Å². The van der Waals surface area contributed by atoms with Gasteiger partial charge in [0.05, 0.1) is 30.7 Å². The van der Waals surface area contributed by atoms with Crippen LogP contribution in [0.2, 0.25) is 0 Å². The third kappa shape index (κ3) is 2.62. The molecule has 1 saturated carbocycles. The lowest BCUT2D eigenvalue weighted by Gasteiger charge is -2.52. The first-order chi connectivity index (χ1) is 15.0. The van der Waals surface area contributed by atoms with Crippen molar-refractivity contribution in [2.45, 2.75) is 57.8 Å². The van der Waals surface area contributed by atoms with Crippen molar-refractivity contribution in [1.82, 2.24) is 0 Å². The van der Waals surface area contributed by atoms with Crippen LogP contribution in [-0.2, 0) is 9.47 Å². The molecule has 5 atom stereocenters. The normalized spacial score (nSPS) is 35.1. The minimum absolute atomic E-state index is 0.323. The van der Waals surface area contributed by atoms with E-state index in [1.54, 1.807) is 18.2 Å². The first kappa shape index (κ1) is 21.2. The van der Waals surface area contributed by atoms with Crippen LogP contribution in [0.5, 0.6) is 5.75 Å². The lowest BCUT2D eigenvalue weighted by Crippen LogP contribution is -2.61. The molecule has 5 unspecified atom stereocenters. The van der Waals surface area contributed by atoms with Gasteiger partial charge in [0.15, 0.2) is 5.41 Å². The minimum atomic E-state index is -1.94. The second-order valence-electron chi connectivity index (χ2n) is 8.64. The molecule has 1 aromatic rings. The number of hydrogen-bond donors (Lipinski definition) is 1. The van der Waals surface area contributed by atoms with Crippen molar-refractivity contribution in [3.63, 3.8) is 0 Å². The van der Waals surface area contributed by atoms with E-state index in [0.29, 0.717) is 36.7 Å². The number of nitriles is 3. The molecule has 7 heteroatoms. The van der Waals surface area contributed by atoms with E-state index in [2.05, 4.69) is 25.1 Å². The average Bonchev–Trinajstić information content (AvgIpc) is 2.98. The zero-order valence-electron chi connectivity index (χ0n) is 17.9. The van der Waals surface area contributed by atoms with Gasteiger partial charge in [0.2, 0.25) is 17.1 Å². The van der Waals surface area contributed by atoms with E-state index < -0.39 is 28.6 Å². The summed E-state index contributed by atoms with van der Waals surface area (Å²) in [6.45, 7) is 4.37. The Labute approximate surface area is 182 Å². The molecule has 1 aromatic carbocycles. The summed E-state index contributed by atoms with van der Waals surface area (Å²) in [5.74, 6) is -1.21. The molecular weight excluding hydrogens is 392 g/mol. The van der Waals surface area contributed by atoms with Crippen molar-refractivity contribution in [3.05, 3.63) is 29.8 Å². The van der Waals surface area contributed by atoms with Gasteiger partial charge in [-0.3, -0.25) is 5.41 Å². The predicted molar refractivity (Wildman–Crippen MR) is 110 cm³/mol. The maximum Gasteiger partial charge on any atom is 0.217 e. The molecule has 3 aliphatic rings. The SMILES string of the molecule is CCCC1CCC23OC(=N)C(C#N)(C2C1)C(C#N)(C#N)C(c1ccccc1OCC)O3. The zero-order chi connectivity index (χ0) is 22.3. The quantitative estimate of drug-likeness (QED) is 0.744. The van der Waals surface area contributed by atoms with Crippen LogP contribution in [-0.4, -0.2) is 18.3 Å². The second-order valence-corrected chi connectivity index (χ2v) is 8.64. The van der Waals surface area contributed by atoms with Gasteiger partial charge >= 0.3 is 0 Å². The Morgan fingerprint density at radius 1 is 1.16 bits per heavy atom. The molecule has 0 amide bonds. The number of rotatable bonds is 5. The third-order valence-electron chi connectivity index (χ3n) is 7.22. The van der Waals surface area contributed by atoms with Crippen molar-refractivity contribution in [2.24, 2.45) is 22.7 Å². The predicted octanol–water partition coefficient (Wildman–Crippen LogP) is 4.62. The summed E-state index contributed by atoms with van der Waals surface area (Å²) in [4.78, 5) is 0. The van der Waals surface area contributed by atoms with E-state index in [-0.39, 0.29) is 5.90 Å². The van der Waals surface area contributed by atoms with E-state index in [4.69, 9.17) is 19.6 Å². The van der Waals surface area contributed by atoms with Crippen LogP contribution in [0, 0.1) is 62.1 Å². The van der Waals surface area contributed by atoms with Gasteiger partial charge in [0.1, 0.15) is 11.9 Å². The van der Waals surface area contributed by atoms with Crippen LogP contribution in [0.15, 0.2) is 24.3 Å². The molecule has 160 valence electrons. The van der Waals surface area contributed by atoms with E-state index in [1.165, 1.54) is 0 Å². The summed E-state index contributed by atoms with van der Waals surface area (Å²) in [6.07, 6.45) is 2.89. The number of benzene rings is 1. The van der Waals surface area contributed by atoms with Gasteiger partial charge in [-0.05, 0) is 31.7 Å². The number of nitrogens with zero attached hydrogens (tertiary/aromatic N) is 3. The van der Waals surface area contributed by atoms with Crippen LogP contribution >= 0.6 is 0 Å². The molecule has 2 heterocycles. The molecule has 4 rings (SSSR count). The summed E-state index contributed by atoms with van der Waals surface area (Å²) in [5.41, 5.74) is -3.12. The molecule has 3 fully saturated rings.